The molecule has 4 heterocycles. The molecule has 1 N–H and O–H groups in total. The first-order valence-corrected chi connectivity index (χ1v) is 16.4. The van der Waals surface area contributed by atoms with E-state index in [0.717, 1.165) is 39.3 Å². The highest BCUT2D eigenvalue weighted by Crippen LogP contribution is 2.38. The molecule has 0 saturated carbocycles. The predicted molar refractivity (Wildman–Crippen MR) is 193 cm³/mol. The van der Waals surface area contributed by atoms with Crippen LogP contribution < -0.4 is 4.74 Å². The Morgan fingerprint density at radius 3 is 2.17 bits per heavy atom. The number of pyridine rings is 2. The van der Waals surface area contributed by atoms with Crippen LogP contribution >= 0.6 is 0 Å². The minimum absolute atomic E-state index is 0.00531. The lowest BCUT2D eigenvalue weighted by Gasteiger charge is -2.20. The monoisotopic (exact) mass is 619 g/mol. The summed E-state index contributed by atoms with van der Waals surface area (Å²) in [6.45, 7) is 15.6. The second-order valence-electron chi connectivity index (χ2n) is 13.9. The molecule has 0 saturated heterocycles. The Balaban J connectivity index is 1.25. The van der Waals surface area contributed by atoms with E-state index in [-0.39, 0.29) is 5.41 Å². The van der Waals surface area contributed by atoms with Gasteiger partial charge in [0, 0.05) is 34.7 Å². The molecule has 7 aromatic rings. The number of nitrogens with zero attached hydrogens (tertiary/aromatic N) is 4. The van der Waals surface area contributed by atoms with Crippen LogP contribution in [-0.4, -0.2) is 24.7 Å². The van der Waals surface area contributed by atoms with Gasteiger partial charge in [0.1, 0.15) is 11.6 Å². The molecule has 0 radical (unpaired) electrons. The molecule has 236 valence electrons. The maximum Gasteiger partial charge on any atom is 0.219 e. The summed E-state index contributed by atoms with van der Waals surface area (Å²) in [7, 11) is 0. The van der Waals surface area contributed by atoms with Crippen molar-refractivity contribution in [2.24, 2.45) is 0 Å². The quantitative estimate of drug-likeness (QED) is 0.193. The van der Waals surface area contributed by atoms with Crippen LogP contribution in [0.3, 0.4) is 0 Å². The number of hydrogen-bond acceptors (Lipinski definition) is 4. The fourth-order valence-corrected chi connectivity index (χ4v) is 6.44. The average molecular weight is 620 g/mol. The van der Waals surface area contributed by atoms with Crippen LogP contribution in [0.25, 0.3) is 50.3 Å². The molecule has 0 amide bonds. The number of nitrogens with one attached hydrogen (secondary N) is 1. The van der Waals surface area contributed by atoms with Gasteiger partial charge < -0.3 is 4.74 Å². The van der Waals surface area contributed by atoms with Crippen LogP contribution in [-0.2, 0) is 5.41 Å². The number of rotatable bonds is 7. The lowest BCUT2D eigenvalue weighted by Crippen LogP contribution is -2.12. The van der Waals surface area contributed by atoms with E-state index in [4.69, 9.17) is 19.8 Å². The average Bonchev–Trinajstić information content (AvgIpc) is 3.67. The van der Waals surface area contributed by atoms with Crippen molar-refractivity contribution in [1.29, 1.82) is 0 Å². The number of hydrogen-bond donors (Lipinski definition) is 1. The summed E-state index contributed by atoms with van der Waals surface area (Å²) >= 11 is 0. The molecule has 0 aliphatic rings. The zero-order valence-electron chi connectivity index (χ0n) is 28.2. The van der Waals surface area contributed by atoms with Crippen molar-refractivity contribution in [3.8, 4) is 40.1 Å². The van der Waals surface area contributed by atoms with Gasteiger partial charge in [-0.2, -0.15) is 5.10 Å². The van der Waals surface area contributed by atoms with Crippen molar-refractivity contribution in [2.75, 3.05) is 0 Å². The summed E-state index contributed by atoms with van der Waals surface area (Å²) in [5.41, 5.74) is 9.73. The third-order valence-electron chi connectivity index (χ3n) is 8.91. The SMILES string of the molecule is CC(C)c1cccc(C(C)C)c1-c1cc(-c2cccc(Oc3ccc4c5ccccc5n(-c5cc(C(C)(C)C)ccn5)c4c3)n2)[nH]n1. The van der Waals surface area contributed by atoms with Crippen LogP contribution in [0, 0.1) is 0 Å². The van der Waals surface area contributed by atoms with Crippen molar-refractivity contribution >= 4 is 21.8 Å². The number of ether oxygens (including phenoxy) is 1. The highest BCUT2D eigenvalue weighted by atomic mass is 16.5. The molecule has 0 bridgehead atoms. The van der Waals surface area contributed by atoms with E-state index in [1.807, 2.05) is 30.5 Å². The Morgan fingerprint density at radius 2 is 1.43 bits per heavy atom. The highest BCUT2D eigenvalue weighted by molar-refractivity contribution is 6.09. The predicted octanol–water partition coefficient (Wildman–Crippen LogP) is 11.0. The van der Waals surface area contributed by atoms with Crippen LogP contribution in [0.15, 0.2) is 103 Å². The van der Waals surface area contributed by atoms with Crippen molar-refractivity contribution in [1.82, 2.24) is 24.7 Å². The largest absolute Gasteiger partial charge is 0.439 e. The smallest absolute Gasteiger partial charge is 0.219 e. The van der Waals surface area contributed by atoms with Crippen LogP contribution in [0.5, 0.6) is 11.6 Å². The van der Waals surface area contributed by atoms with Gasteiger partial charge in [0.25, 0.3) is 0 Å². The molecule has 0 unspecified atom stereocenters. The topological polar surface area (TPSA) is 68.6 Å². The third kappa shape index (κ3) is 5.69. The molecule has 6 nitrogen and oxygen atoms in total. The number of para-hydroxylation sites is 1. The van der Waals surface area contributed by atoms with Crippen molar-refractivity contribution in [3.05, 3.63) is 120 Å². The fraction of sp³-hybridized carbons (Fsp3) is 0.244. The van der Waals surface area contributed by atoms with E-state index in [2.05, 4.69) is 131 Å². The standard InChI is InChI=1S/C41H41N5O/c1-25(2)29-13-10-14-30(26(3)4)40(29)35-24-34(44-45-35)33-15-11-17-39(43-33)47-28-18-19-32-31-12-8-9-16-36(31)46(37(32)23-28)38-22-27(20-21-42-38)41(5,6)7/h8-26H,1-7H3,(H,44,45). The number of fused-ring (bicyclic) bond motifs is 3. The second-order valence-corrected chi connectivity index (χ2v) is 13.9. The summed E-state index contributed by atoms with van der Waals surface area (Å²) in [6.07, 6.45) is 1.90. The number of aromatic nitrogens is 5. The van der Waals surface area contributed by atoms with E-state index in [1.165, 1.54) is 27.6 Å². The lowest BCUT2D eigenvalue weighted by atomic mass is 9.87. The maximum absolute atomic E-state index is 6.43. The van der Waals surface area contributed by atoms with Gasteiger partial charge in [-0.3, -0.25) is 9.67 Å². The third-order valence-corrected chi connectivity index (χ3v) is 8.91. The van der Waals surface area contributed by atoms with Gasteiger partial charge in [-0.25, -0.2) is 9.97 Å². The molecule has 0 aliphatic carbocycles. The Morgan fingerprint density at radius 1 is 0.702 bits per heavy atom. The second kappa shape index (κ2) is 11.8. The number of H-pyrrole nitrogens is 1. The molecular formula is C41H41N5O. The minimum atomic E-state index is 0.00531. The molecule has 0 spiro atoms. The van der Waals surface area contributed by atoms with E-state index in [9.17, 15) is 0 Å². The van der Waals surface area contributed by atoms with Crippen molar-refractivity contribution in [3.63, 3.8) is 0 Å². The minimum Gasteiger partial charge on any atom is -0.439 e. The fourth-order valence-electron chi connectivity index (χ4n) is 6.44. The van der Waals surface area contributed by atoms with Gasteiger partial charge in [0.2, 0.25) is 5.88 Å². The number of benzene rings is 3. The molecule has 0 aliphatic heterocycles. The van der Waals surface area contributed by atoms with Crippen molar-refractivity contribution < 1.29 is 4.74 Å². The first-order chi connectivity index (χ1) is 22.6. The van der Waals surface area contributed by atoms with Gasteiger partial charge in [-0.05, 0) is 76.4 Å². The van der Waals surface area contributed by atoms with Gasteiger partial charge in [0.05, 0.1) is 28.1 Å². The summed E-state index contributed by atoms with van der Waals surface area (Å²) in [4.78, 5) is 9.70. The zero-order chi connectivity index (χ0) is 32.9. The molecule has 3 aromatic carbocycles. The summed E-state index contributed by atoms with van der Waals surface area (Å²) in [5.74, 6) is 2.87. The van der Waals surface area contributed by atoms with Crippen LogP contribution in [0.4, 0.5) is 0 Å². The molecule has 47 heavy (non-hydrogen) atoms. The van der Waals surface area contributed by atoms with Gasteiger partial charge in [0.15, 0.2) is 0 Å². The summed E-state index contributed by atoms with van der Waals surface area (Å²) in [6, 6.07) is 33.5. The van der Waals surface area contributed by atoms with E-state index >= 15 is 0 Å². The van der Waals surface area contributed by atoms with Crippen LogP contribution in [0.2, 0.25) is 0 Å². The van der Waals surface area contributed by atoms with Gasteiger partial charge >= 0.3 is 0 Å². The molecule has 7 rings (SSSR count). The van der Waals surface area contributed by atoms with E-state index in [1.54, 1.807) is 0 Å². The number of aromatic amines is 1. The maximum atomic E-state index is 6.43. The Hall–Kier alpha value is -5.23. The molecule has 0 atom stereocenters. The summed E-state index contributed by atoms with van der Waals surface area (Å²) < 4.78 is 8.65. The highest BCUT2D eigenvalue weighted by Gasteiger charge is 2.20. The van der Waals surface area contributed by atoms with Crippen molar-refractivity contribution in [2.45, 2.75) is 65.7 Å². The Labute approximate surface area is 276 Å². The van der Waals surface area contributed by atoms with Gasteiger partial charge in [-0.15, -0.1) is 0 Å². The first kappa shape index (κ1) is 30.4. The normalized spacial score (nSPS) is 12.1. The molecular weight excluding hydrogens is 578 g/mol. The van der Waals surface area contributed by atoms with E-state index in [0.29, 0.717) is 23.5 Å². The molecule has 0 fully saturated rings. The van der Waals surface area contributed by atoms with E-state index < -0.39 is 0 Å². The Kier molecular flexibility index (Phi) is 7.67. The van der Waals surface area contributed by atoms with Crippen LogP contribution in [0.1, 0.15) is 77.0 Å². The Bertz CT molecular complexity index is 2200. The molecule has 4 aromatic heterocycles. The first-order valence-electron chi connectivity index (χ1n) is 16.4. The zero-order valence-corrected chi connectivity index (χ0v) is 28.2. The lowest BCUT2D eigenvalue weighted by molar-refractivity contribution is 0.464. The van der Waals surface area contributed by atoms with Gasteiger partial charge in [-0.1, -0.05) is 90.9 Å². The summed E-state index contributed by atoms with van der Waals surface area (Å²) in [5, 5.41) is 10.3. The molecule has 6 heteroatoms.